The predicted molar refractivity (Wildman–Crippen MR) is 69.6 cm³/mol. The third-order valence-electron chi connectivity index (χ3n) is 4.53. The van der Waals surface area contributed by atoms with E-state index in [1.165, 1.54) is 25.7 Å². The van der Waals surface area contributed by atoms with Crippen LogP contribution >= 0.6 is 0 Å². The zero-order chi connectivity index (χ0) is 12.5. The van der Waals surface area contributed by atoms with Gasteiger partial charge in [-0.2, -0.15) is 0 Å². The highest BCUT2D eigenvalue weighted by atomic mass is 16.1. The van der Waals surface area contributed by atoms with E-state index in [1.54, 1.807) is 12.4 Å². The Labute approximate surface area is 107 Å². The summed E-state index contributed by atoms with van der Waals surface area (Å²) >= 11 is 0. The van der Waals surface area contributed by atoms with Crippen LogP contribution < -0.4 is 4.90 Å². The van der Waals surface area contributed by atoms with Crippen molar-refractivity contribution in [2.75, 3.05) is 18.5 Å². The van der Waals surface area contributed by atoms with Crippen LogP contribution in [-0.4, -0.2) is 29.8 Å². The molecule has 3 atom stereocenters. The predicted octanol–water partition coefficient (Wildman–Crippen LogP) is 2.16. The molecular formula is C14H19N3O. The van der Waals surface area contributed by atoms with E-state index < -0.39 is 0 Å². The molecule has 0 amide bonds. The fourth-order valence-electron chi connectivity index (χ4n) is 3.62. The molecule has 3 rings (SSSR count). The monoisotopic (exact) mass is 245 g/mol. The third-order valence-corrected chi connectivity index (χ3v) is 4.53. The van der Waals surface area contributed by atoms with Gasteiger partial charge in [0.2, 0.25) is 5.95 Å². The number of rotatable bonds is 4. The van der Waals surface area contributed by atoms with Crippen LogP contribution in [0.4, 0.5) is 5.95 Å². The maximum Gasteiger partial charge on any atom is 0.225 e. The highest BCUT2D eigenvalue weighted by Gasteiger charge is 2.39. The first kappa shape index (κ1) is 11.6. The van der Waals surface area contributed by atoms with Crippen molar-refractivity contribution in [3.63, 3.8) is 0 Å². The second kappa shape index (κ2) is 4.67. The number of hydrogen-bond acceptors (Lipinski definition) is 4. The summed E-state index contributed by atoms with van der Waals surface area (Å²) in [5, 5.41) is 0. The van der Waals surface area contributed by atoms with E-state index in [1.807, 2.05) is 7.05 Å². The molecule has 1 aromatic rings. The fraction of sp³-hybridized carbons (Fsp3) is 0.643. The lowest BCUT2D eigenvalue weighted by Crippen LogP contribution is -2.29. The maximum atomic E-state index is 10.6. The van der Waals surface area contributed by atoms with Crippen molar-refractivity contribution in [3.05, 3.63) is 18.0 Å². The van der Waals surface area contributed by atoms with E-state index in [0.29, 0.717) is 5.56 Å². The first-order valence-corrected chi connectivity index (χ1v) is 6.74. The maximum absolute atomic E-state index is 10.6. The Hall–Kier alpha value is -1.45. The number of aldehydes is 1. The first-order chi connectivity index (χ1) is 8.76. The zero-order valence-electron chi connectivity index (χ0n) is 10.7. The number of carbonyl (C=O) groups is 1. The molecule has 96 valence electrons. The van der Waals surface area contributed by atoms with Gasteiger partial charge in [-0.15, -0.1) is 0 Å². The molecule has 18 heavy (non-hydrogen) atoms. The average molecular weight is 245 g/mol. The lowest BCUT2D eigenvalue weighted by molar-refractivity contribution is 0.112. The minimum atomic E-state index is 0.534. The molecule has 0 radical (unpaired) electrons. The molecule has 1 aromatic heterocycles. The van der Waals surface area contributed by atoms with E-state index in [4.69, 9.17) is 0 Å². The summed E-state index contributed by atoms with van der Waals surface area (Å²) < 4.78 is 0. The normalized spacial score (nSPS) is 29.5. The van der Waals surface area contributed by atoms with Crippen LogP contribution in [0.1, 0.15) is 36.0 Å². The Morgan fingerprint density at radius 2 is 2.11 bits per heavy atom. The van der Waals surface area contributed by atoms with Crippen LogP contribution in [0, 0.1) is 17.8 Å². The molecule has 3 unspecified atom stereocenters. The van der Waals surface area contributed by atoms with Gasteiger partial charge in [0, 0.05) is 26.0 Å². The molecular weight excluding hydrogens is 226 g/mol. The number of anilines is 1. The van der Waals surface area contributed by atoms with E-state index in [0.717, 1.165) is 36.5 Å². The first-order valence-electron chi connectivity index (χ1n) is 6.74. The molecule has 0 spiro atoms. The van der Waals surface area contributed by atoms with Crippen LogP contribution in [-0.2, 0) is 0 Å². The van der Waals surface area contributed by atoms with Gasteiger partial charge in [-0.25, -0.2) is 9.97 Å². The third kappa shape index (κ3) is 2.11. The topological polar surface area (TPSA) is 46.1 Å². The van der Waals surface area contributed by atoms with Crippen LogP contribution in [0.15, 0.2) is 12.4 Å². The fourth-order valence-corrected chi connectivity index (χ4v) is 3.62. The van der Waals surface area contributed by atoms with Crippen molar-refractivity contribution >= 4 is 12.2 Å². The largest absolute Gasteiger partial charge is 0.344 e. The summed E-state index contributed by atoms with van der Waals surface area (Å²) in [6.45, 7) is 1.04. The molecule has 2 saturated carbocycles. The van der Waals surface area contributed by atoms with Crippen molar-refractivity contribution in [1.82, 2.24) is 9.97 Å². The van der Waals surface area contributed by atoms with Gasteiger partial charge < -0.3 is 4.90 Å². The summed E-state index contributed by atoms with van der Waals surface area (Å²) in [5.74, 6) is 3.44. The van der Waals surface area contributed by atoms with Gasteiger partial charge in [0.05, 0.1) is 5.56 Å². The summed E-state index contributed by atoms with van der Waals surface area (Å²) in [6, 6.07) is 0. The molecule has 0 aliphatic heterocycles. The summed E-state index contributed by atoms with van der Waals surface area (Å²) in [4.78, 5) is 21.2. The number of carbonyl (C=O) groups excluding carboxylic acids is 1. The standard InChI is InChI=1S/C14H19N3O/c1-17(14-15-6-11(9-18)7-16-14)8-13-5-10-2-3-12(13)4-10/h6-7,9-10,12-13H,2-5,8H2,1H3. The van der Waals surface area contributed by atoms with E-state index in [2.05, 4.69) is 14.9 Å². The molecule has 4 heteroatoms. The molecule has 2 aliphatic carbocycles. The lowest BCUT2D eigenvalue weighted by Gasteiger charge is -2.27. The van der Waals surface area contributed by atoms with Crippen LogP contribution in [0.25, 0.3) is 0 Å². The Morgan fingerprint density at radius 3 is 2.67 bits per heavy atom. The Balaban J connectivity index is 1.63. The smallest absolute Gasteiger partial charge is 0.225 e. The second-order valence-corrected chi connectivity index (χ2v) is 5.75. The summed E-state index contributed by atoms with van der Waals surface area (Å²) in [7, 11) is 2.04. The zero-order valence-corrected chi connectivity index (χ0v) is 10.7. The van der Waals surface area contributed by atoms with Crippen LogP contribution in [0.5, 0.6) is 0 Å². The molecule has 0 saturated heterocycles. The SMILES string of the molecule is CN(CC1CC2CCC1C2)c1ncc(C=O)cn1. The van der Waals surface area contributed by atoms with Crippen molar-refractivity contribution in [1.29, 1.82) is 0 Å². The number of nitrogens with zero attached hydrogens (tertiary/aromatic N) is 3. The Morgan fingerprint density at radius 1 is 1.33 bits per heavy atom. The minimum absolute atomic E-state index is 0.534. The van der Waals surface area contributed by atoms with Crippen LogP contribution in [0.2, 0.25) is 0 Å². The van der Waals surface area contributed by atoms with Gasteiger partial charge in [-0.3, -0.25) is 4.79 Å². The van der Waals surface area contributed by atoms with Crippen molar-refractivity contribution < 1.29 is 4.79 Å². The van der Waals surface area contributed by atoms with Gasteiger partial charge in [0.25, 0.3) is 0 Å². The van der Waals surface area contributed by atoms with Crippen molar-refractivity contribution in [2.45, 2.75) is 25.7 Å². The van der Waals surface area contributed by atoms with E-state index in [-0.39, 0.29) is 0 Å². The molecule has 2 aliphatic rings. The van der Waals surface area contributed by atoms with Crippen molar-refractivity contribution in [2.24, 2.45) is 17.8 Å². The van der Waals surface area contributed by atoms with Gasteiger partial charge in [0.1, 0.15) is 0 Å². The van der Waals surface area contributed by atoms with Crippen molar-refractivity contribution in [3.8, 4) is 0 Å². The molecule has 2 fully saturated rings. The van der Waals surface area contributed by atoms with Gasteiger partial charge in [-0.1, -0.05) is 6.42 Å². The lowest BCUT2D eigenvalue weighted by atomic mass is 9.88. The Kier molecular flexibility index (Phi) is 3.02. The molecule has 0 aromatic carbocycles. The second-order valence-electron chi connectivity index (χ2n) is 5.75. The summed E-state index contributed by atoms with van der Waals surface area (Å²) in [5.41, 5.74) is 0.534. The van der Waals surface area contributed by atoms with Crippen LogP contribution in [0.3, 0.4) is 0 Å². The molecule has 2 bridgehead atoms. The van der Waals surface area contributed by atoms with Gasteiger partial charge >= 0.3 is 0 Å². The van der Waals surface area contributed by atoms with Gasteiger partial charge in [0.15, 0.2) is 6.29 Å². The quantitative estimate of drug-likeness (QED) is 0.763. The Bertz CT molecular complexity index is 431. The van der Waals surface area contributed by atoms with E-state index >= 15 is 0 Å². The summed E-state index contributed by atoms with van der Waals surface area (Å²) in [6.07, 6.45) is 9.62. The minimum Gasteiger partial charge on any atom is -0.344 e. The van der Waals surface area contributed by atoms with Gasteiger partial charge in [-0.05, 0) is 37.0 Å². The molecule has 1 heterocycles. The number of aromatic nitrogens is 2. The number of hydrogen-bond donors (Lipinski definition) is 0. The highest BCUT2D eigenvalue weighted by Crippen LogP contribution is 2.48. The van der Waals surface area contributed by atoms with E-state index in [9.17, 15) is 4.79 Å². The number of fused-ring (bicyclic) bond motifs is 2. The average Bonchev–Trinajstić information content (AvgIpc) is 3.01. The highest BCUT2D eigenvalue weighted by molar-refractivity contribution is 5.73. The molecule has 4 nitrogen and oxygen atoms in total. The molecule has 0 N–H and O–H groups in total.